The smallest absolute Gasteiger partial charge is 0.0727 e. The molecule has 2 saturated carbocycles. The van der Waals surface area contributed by atoms with Crippen molar-refractivity contribution in [1.29, 1.82) is 0 Å². The summed E-state index contributed by atoms with van der Waals surface area (Å²) in [4.78, 5) is 0. The minimum atomic E-state index is -0.277. The molecule has 0 amide bonds. The van der Waals surface area contributed by atoms with Gasteiger partial charge in [0.15, 0.2) is 0 Å². The summed E-state index contributed by atoms with van der Waals surface area (Å²) in [5.41, 5.74) is 1.84. The van der Waals surface area contributed by atoms with Gasteiger partial charge in [-0.2, -0.15) is 0 Å². The summed E-state index contributed by atoms with van der Waals surface area (Å²) in [5.74, 6) is 2.41. The molecule has 0 aromatic rings. The van der Waals surface area contributed by atoms with Gasteiger partial charge in [0.25, 0.3) is 0 Å². The van der Waals surface area contributed by atoms with Crippen molar-refractivity contribution in [3.05, 3.63) is 23.8 Å². The van der Waals surface area contributed by atoms with E-state index in [0.29, 0.717) is 23.7 Å². The third-order valence-corrected chi connectivity index (χ3v) is 7.98. The van der Waals surface area contributed by atoms with Crippen LogP contribution in [0.15, 0.2) is 23.8 Å². The highest BCUT2D eigenvalue weighted by Gasteiger charge is 2.59. The first kappa shape index (κ1) is 15.0. The maximum Gasteiger partial charge on any atom is 0.0727 e. The first-order valence-electron chi connectivity index (χ1n) is 9.10. The molecule has 122 valence electrons. The topological polar surface area (TPSA) is 40.5 Å². The van der Waals surface area contributed by atoms with Gasteiger partial charge in [-0.15, -0.1) is 0 Å². The van der Waals surface area contributed by atoms with E-state index in [9.17, 15) is 10.2 Å². The number of fused-ring (bicyclic) bond motifs is 5. The number of allylic oxidation sites excluding steroid dienone is 3. The van der Waals surface area contributed by atoms with Gasteiger partial charge in [0.1, 0.15) is 0 Å². The van der Waals surface area contributed by atoms with Crippen molar-refractivity contribution in [2.75, 3.05) is 0 Å². The summed E-state index contributed by atoms with van der Waals surface area (Å²) in [6.07, 6.45) is 11.8. The number of aliphatic hydroxyl groups is 2. The Labute approximate surface area is 134 Å². The molecule has 0 aromatic heterocycles. The largest absolute Gasteiger partial charge is 0.393 e. The number of hydrogen-bond acceptors (Lipinski definition) is 2. The molecule has 0 aromatic carbocycles. The Hall–Kier alpha value is -0.600. The molecule has 2 nitrogen and oxygen atoms in total. The lowest BCUT2D eigenvalue weighted by Gasteiger charge is -2.58. The summed E-state index contributed by atoms with van der Waals surface area (Å²) in [7, 11) is 0. The quantitative estimate of drug-likeness (QED) is 0.670. The van der Waals surface area contributed by atoms with Crippen LogP contribution in [-0.4, -0.2) is 22.4 Å². The van der Waals surface area contributed by atoms with Crippen LogP contribution < -0.4 is 0 Å². The van der Waals surface area contributed by atoms with Gasteiger partial charge in [-0.25, -0.2) is 0 Å². The van der Waals surface area contributed by atoms with Gasteiger partial charge < -0.3 is 10.2 Å². The number of aliphatic hydroxyl groups excluding tert-OH is 2. The minimum absolute atomic E-state index is 0.111. The molecular formula is C20H30O2. The van der Waals surface area contributed by atoms with Crippen LogP contribution in [0.25, 0.3) is 0 Å². The standard InChI is InChI=1S/C20H30O2/c1-12-10-13-11-14(21)6-8-19(13,2)16-7-9-20(3)15(18(12)16)4-5-17(20)22/h6,8,10,13-18,21-22H,4-5,7,9,11H2,1-3H3/t13?,14-,15-,16-,17-,18-,19-,20-/m0/s1. The molecule has 0 bridgehead atoms. The highest BCUT2D eigenvalue weighted by molar-refractivity contribution is 5.28. The van der Waals surface area contributed by atoms with Crippen LogP contribution in [0.3, 0.4) is 0 Å². The van der Waals surface area contributed by atoms with E-state index in [1.807, 2.05) is 6.08 Å². The Kier molecular flexibility index (Phi) is 3.20. The fraction of sp³-hybridized carbons (Fsp3) is 0.800. The van der Waals surface area contributed by atoms with Crippen LogP contribution >= 0.6 is 0 Å². The molecule has 2 N–H and O–H groups in total. The van der Waals surface area contributed by atoms with Crippen molar-refractivity contribution in [1.82, 2.24) is 0 Å². The molecule has 4 aliphatic carbocycles. The zero-order chi connectivity index (χ0) is 15.7. The van der Waals surface area contributed by atoms with Crippen molar-refractivity contribution >= 4 is 0 Å². The van der Waals surface area contributed by atoms with E-state index < -0.39 is 0 Å². The summed E-state index contributed by atoms with van der Waals surface area (Å²) in [6, 6.07) is 0. The van der Waals surface area contributed by atoms with Crippen LogP contribution in [0.1, 0.15) is 52.9 Å². The second kappa shape index (κ2) is 4.70. The van der Waals surface area contributed by atoms with Gasteiger partial charge in [0, 0.05) is 0 Å². The molecule has 4 aliphatic rings. The molecule has 0 radical (unpaired) electrons. The van der Waals surface area contributed by atoms with Gasteiger partial charge in [-0.1, -0.05) is 37.6 Å². The molecule has 0 spiro atoms. The molecule has 0 saturated heterocycles. The third-order valence-electron chi connectivity index (χ3n) is 7.98. The zero-order valence-corrected chi connectivity index (χ0v) is 14.1. The van der Waals surface area contributed by atoms with Crippen LogP contribution in [0.2, 0.25) is 0 Å². The average molecular weight is 302 g/mol. The Morgan fingerprint density at radius 1 is 1.09 bits per heavy atom. The first-order valence-corrected chi connectivity index (χ1v) is 9.10. The van der Waals surface area contributed by atoms with E-state index in [1.165, 1.54) is 18.4 Å². The second-order valence-corrected chi connectivity index (χ2v) is 8.92. The lowest BCUT2D eigenvalue weighted by Crippen LogP contribution is -2.52. The van der Waals surface area contributed by atoms with Crippen molar-refractivity contribution in [3.8, 4) is 0 Å². The highest BCUT2D eigenvalue weighted by Crippen LogP contribution is 2.64. The fourth-order valence-electron chi connectivity index (χ4n) is 6.55. The lowest BCUT2D eigenvalue weighted by atomic mass is 9.47. The summed E-state index contributed by atoms with van der Waals surface area (Å²) >= 11 is 0. The normalized spacial score (nSPS) is 56.9. The van der Waals surface area contributed by atoms with Gasteiger partial charge in [0.05, 0.1) is 12.2 Å². The highest BCUT2D eigenvalue weighted by atomic mass is 16.3. The maximum atomic E-state index is 10.5. The molecule has 2 heteroatoms. The summed E-state index contributed by atoms with van der Waals surface area (Å²) in [6.45, 7) is 7.04. The molecule has 0 heterocycles. The predicted octanol–water partition coefficient (Wildman–Crippen LogP) is 3.69. The maximum absolute atomic E-state index is 10.5. The van der Waals surface area contributed by atoms with E-state index in [2.05, 4.69) is 32.9 Å². The van der Waals surface area contributed by atoms with Gasteiger partial charge >= 0.3 is 0 Å². The Balaban J connectivity index is 1.76. The van der Waals surface area contributed by atoms with Crippen LogP contribution in [0.5, 0.6) is 0 Å². The molecule has 4 rings (SSSR count). The monoisotopic (exact) mass is 302 g/mol. The zero-order valence-electron chi connectivity index (χ0n) is 14.1. The third kappa shape index (κ3) is 1.80. The summed E-state index contributed by atoms with van der Waals surface area (Å²) < 4.78 is 0. The Morgan fingerprint density at radius 3 is 2.64 bits per heavy atom. The van der Waals surface area contributed by atoms with Crippen LogP contribution in [-0.2, 0) is 0 Å². The molecular weight excluding hydrogens is 272 g/mol. The Bertz CT molecular complexity index is 536. The van der Waals surface area contributed by atoms with E-state index in [4.69, 9.17) is 0 Å². The average Bonchev–Trinajstić information content (AvgIpc) is 2.77. The van der Waals surface area contributed by atoms with Gasteiger partial charge in [0.2, 0.25) is 0 Å². The van der Waals surface area contributed by atoms with E-state index >= 15 is 0 Å². The molecule has 1 unspecified atom stereocenters. The van der Waals surface area contributed by atoms with E-state index in [-0.39, 0.29) is 23.0 Å². The molecule has 8 atom stereocenters. The minimum Gasteiger partial charge on any atom is -0.393 e. The number of hydrogen-bond donors (Lipinski definition) is 2. The SMILES string of the molecule is CC1=CC2C[C@@H](O)C=C[C@]2(C)[C@H]2CC[C@]3(C)[C@@H](O)CC[C@H]3[C@H]12. The van der Waals surface area contributed by atoms with Crippen molar-refractivity contribution < 1.29 is 10.2 Å². The van der Waals surface area contributed by atoms with Crippen molar-refractivity contribution in [2.24, 2.45) is 34.5 Å². The van der Waals surface area contributed by atoms with Crippen molar-refractivity contribution in [3.63, 3.8) is 0 Å². The number of rotatable bonds is 0. The predicted molar refractivity (Wildman–Crippen MR) is 88.2 cm³/mol. The van der Waals surface area contributed by atoms with E-state index in [1.54, 1.807) is 0 Å². The molecule has 0 aliphatic heterocycles. The Morgan fingerprint density at radius 2 is 1.86 bits per heavy atom. The molecule has 2 fully saturated rings. The first-order chi connectivity index (χ1) is 10.4. The van der Waals surface area contributed by atoms with Gasteiger partial charge in [-0.3, -0.25) is 0 Å². The fourth-order valence-corrected chi connectivity index (χ4v) is 6.55. The van der Waals surface area contributed by atoms with E-state index in [0.717, 1.165) is 19.3 Å². The van der Waals surface area contributed by atoms with Crippen molar-refractivity contribution in [2.45, 2.75) is 65.1 Å². The second-order valence-electron chi connectivity index (χ2n) is 8.92. The lowest BCUT2D eigenvalue weighted by molar-refractivity contribution is -0.0626. The van der Waals surface area contributed by atoms with Crippen LogP contribution in [0, 0.1) is 34.5 Å². The van der Waals surface area contributed by atoms with Crippen LogP contribution in [0.4, 0.5) is 0 Å². The summed E-state index contributed by atoms with van der Waals surface area (Å²) in [5, 5.41) is 20.5. The molecule has 22 heavy (non-hydrogen) atoms. The van der Waals surface area contributed by atoms with Gasteiger partial charge in [-0.05, 0) is 73.5 Å².